The summed E-state index contributed by atoms with van der Waals surface area (Å²) < 4.78 is 13.5. The number of phenolic OH excluding ortho intramolecular Hbond substituents is 2. The third-order valence-corrected chi connectivity index (χ3v) is 3.81. The van der Waals surface area contributed by atoms with E-state index in [4.69, 9.17) is 0 Å². The Labute approximate surface area is 141 Å². The molecule has 24 heavy (non-hydrogen) atoms. The van der Waals surface area contributed by atoms with Crippen molar-refractivity contribution in [3.05, 3.63) is 42.2 Å². The lowest BCUT2D eigenvalue weighted by Gasteiger charge is -2.10. The van der Waals surface area contributed by atoms with E-state index in [9.17, 15) is 19.4 Å². The molecule has 0 bridgehead atoms. The van der Waals surface area contributed by atoms with Gasteiger partial charge in [0.25, 0.3) is 0 Å². The van der Waals surface area contributed by atoms with E-state index in [0.29, 0.717) is 23.2 Å². The van der Waals surface area contributed by atoms with E-state index in [0.717, 1.165) is 25.7 Å². The highest BCUT2D eigenvalue weighted by molar-refractivity contribution is 5.93. The first-order chi connectivity index (χ1) is 11.5. The molecule has 0 heterocycles. The predicted octanol–water partition coefficient (Wildman–Crippen LogP) is 4.81. The van der Waals surface area contributed by atoms with E-state index >= 15 is 0 Å². The molecule has 1 amide bonds. The van der Waals surface area contributed by atoms with Crippen LogP contribution in [0, 0.1) is 5.82 Å². The second kappa shape index (κ2) is 8.34. The molecule has 2 rings (SSSR count). The fourth-order valence-corrected chi connectivity index (χ4v) is 2.43. The van der Waals surface area contributed by atoms with E-state index in [2.05, 4.69) is 12.2 Å². The van der Waals surface area contributed by atoms with Gasteiger partial charge in [0.1, 0.15) is 5.75 Å². The zero-order chi connectivity index (χ0) is 17.5. The van der Waals surface area contributed by atoms with Crippen LogP contribution in [0.25, 0.3) is 11.1 Å². The van der Waals surface area contributed by atoms with Gasteiger partial charge in [-0.15, -0.1) is 0 Å². The summed E-state index contributed by atoms with van der Waals surface area (Å²) in [6, 6.07) is 8.71. The van der Waals surface area contributed by atoms with Gasteiger partial charge in [-0.3, -0.25) is 4.79 Å². The molecule has 0 aliphatic heterocycles. The highest BCUT2D eigenvalue weighted by atomic mass is 19.1. The Morgan fingerprint density at radius 1 is 1.00 bits per heavy atom. The lowest BCUT2D eigenvalue weighted by atomic mass is 10.0. The maximum atomic E-state index is 13.5. The van der Waals surface area contributed by atoms with Gasteiger partial charge in [-0.05, 0) is 41.8 Å². The largest absolute Gasteiger partial charge is 0.506 e. The maximum absolute atomic E-state index is 13.5. The summed E-state index contributed by atoms with van der Waals surface area (Å²) in [5.74, 6) is -1.34. The molecule has 5 heteroatoms. The maximum Gasteiger partial charge on any atom is 0.224 e. The summed E-state index contributed by atoms with van der Waals surface area (Å²) in [6.07, 6.45) is 4.41. The number of carbonyl (C=O) groups excluding carboxylic acids is 1. The molecule has 0 spiro atoms. The Hall–Kier alpha value is -2.56. The van der Waals surface area contributed by atoms with Crippen molar-refractivity contribution in [2.24, 2.45) is 0 Å². The van der Waals surface area contributed by atoms with Crippen LogP contribution in [0.1, 0.15) is 39.0 Å². The molecule has 0 aromatic heterocycles. The number of anilines is 1. The summed E-state index contributed by atoms with van der Waals surface area (Å²) >= 11 is 0. The van der Waals surface area contributed by atoms with Gasteiger partial charge >= 0.3 is 0 Å². The number of amides is 1. The minimum Gasteiger partial charge on any atom is -0.506 e. The molecule has 0 aliphatic carbocycles. The molecule has 2 aromatic carbocycles. The first-order valence-corrected chi connectivity index (χ1v) is 8.13. The number of phenols is 2. The van der Waals surface area contributed by atoms with Gasteiger partial charge in [-0.2, -0.15) is 0 Å². The number of halogens is 1. The van der Waals surface area contributed by atoms with Crippen molar-refractivity contribution >= 4 is 11.6 Å². The van der Waals surface area contributed by atoms with Crippen molar-refractivity contribution < 1.29 is 19.4 Å². The Kier molecular flexibility index (Phi) is 6.18. The molecular weight excluding hydrogens is 309 g/mol. The van der Waals surface area contributed by atoms with E-state index in [1.165, 1.54) is 18.2 Å². The molecule has 0 radical (unpaired) electrons. The van der Waals surface area contributed by atoms with Crippen molar-refractivity contribution in [2.45, 2.75) is 39.0 Å². The fourth-order valence-electron chi connectivity index (χ4n) is 2.43. The minimum absolute atomic E-state index is 0.0418. The quantitative estimate of drug-likeness (QED) is 0.503. The van der Waals surface area contributed by atoms with Gasteiger partial charge < -0.3 is 15.5 Å². The van der Waals surface area contributed by atoms with Crippen LogP contribution in [0.2, 0.25) is 0 Å². The lowest BCUT2D eigenvalue weighted by Crippen LogP contribution is -2.11. The summed E-state index contributed by atoms with van der Waals surface area (Å²) in [5, 5.41) is 21.9. The smallest absolute Gasteiger partial charge is 0.224 e. The molecule has 0 aliphatic rings. The van der Waals surface area contributed by atoms with Crippen molar-refractivity contribution in [1.29, 1.82) is 0 Å². The molecule has 0 atom stereocenters. The van der Waals surface area contributed by atoms with Crippen molar-refractivity contribution in [3.63, 3.8) is 0 Å². The van der Waals surface area contributed by atoms with Crippen LogP contribution < -0.4 is 5.32 Å². The number of carbonyl (C=O) groups is 1. The zero-order valence-corrected chi connectivity index (χ0v) is 13.7. The summed E-state index contributed by atoms with van der Waals surface area (Å²) in [6.45, 7) is 2.11. The first-order valence-electron chi connectivity index (χ1n) is 8.13. The highest BCUT2D eigenvalue weighted by Crippen LogP contribution is 2.31. The third-order valence-electron chi connectivity index (χ3n) is 3.81. The van der Waals surface area contributed by atoms with Crippen LogP contribution in [0.5, 0.6) is 11.5 Å². The standard InChI is InChI=1S/C19H22FNO3/c1-2-3-4-5-6-19(24)21-16-12-14(8-10-18(16)23)13-7-9-17(22)15(20)11-13/h7-12,22-23H,2-6H2,1H3,(H,21,24). The number of nitrogens with one attached hydrogen (secondary N) is 1. The number of rotatable bonds is 7. The first kappa shape index (κ1) is 17.8. The average Bonchev–Trinajstić information content (AvgIpc) is 2.56. The summed E-state index contributed by atoms with van der Waals surface area (Å²) in [7, 11) is 0. The number of hydrogen-bond donors (Lipinski definition) is 3. The molecule has 0 unspecified atom stereocenters. The van der Waals surface area contributed by atoms with Gasteiger partial charge in [-0.25, -0.2) is 4.39 Å². The summed E-state index contributed by atoms with van der Waals surface area (Å²) in [5.41, 5.74) is 1.47. The van der Waals surface area contributed by atoms with Gasteiger partial charge in [0.15, 0.2) is 11.6 Å². The second-order valence-electron chi connectivity index (χ2n) is 5.76. The average molecular weight is 331 g/mol. The van der Waals surface area contributed by atoms with E-state index in [1.54, 1.807) is 18.2 Å². The Balaban J connectivity index is 2.10. The van der Waals surface area contributed by atoms with Crippen molar-refractivity contribution in [1.82, 2.24) is 0 Å². The van der Waals surface area contributed by atoms with Gasteiger partial charge in [0.2, 0.25) is 5.91 Å². The number of aromatic hydroxyl groups is 2. The van der Waals surface area contributed by atoms with Crippen LogP contribution in [-0.2, 0) is 4.79 Å². The van der Waals surface area contributed by atoms with E-state index < -0.39 is 11.6 Å². The fraction of sp³-hybridized carbons (Fsp3) is 0.316. The molecule has 2 aromatic rings. The zero-order valence-electron chi connectivity index (χ0n) is 13.7. The van der Waals surface area contributed by atoms with Crippen LogP contribution in [0.4, 0.5) is 10.1 Å². The Morgan fingerprint density at radius 3 is 2.33 bits per heavy atom. The number of hydrogen-bond acceptors (Lipinski definition) is 3. The van der Waals surface area contributed by atoms with Crippen LogP contribution in [0.15, 0.2) is 36.4 Å². The lowest BCUT2D eigenvalue weighted by molar-refractivity contribution is -0.116. The van der Waals surface area contributed by atoms with E-state index in [1.807, 2.05) is 0 Å². The second-order valence-corrected chi connectivity index (χ2v) is 5.76. The molecule has 0 saturated heterocycles. The van der Waals surface area contributed by atoms with Crippen molar-refractivity contribution in [3.8, 4) is 22.6 Å². The summed E-state index contributed by atoms with van der Waals surface area (Å²) in [4.78, 5) is 12.0. The van der Waals surface area contributed by atoms with Gasteiger partial charge in [0, 0.05) is 6.42 Å². The number of unbranched alkanes of at least 4 members (excludes halogenated alkanes) is 3. The topological polar surface area (TPSA) is 69.6 Å². The molecule has 128 valence electrons. The highest BCUT2D eigenvalue weighted by Gasteiger charge is 2.10. The molecular formula is C19H22FNO3. The van der Waals surface area contributed by atoms with Gasteiger partial charge in [0.05, 0.1) is 5.69 Å². The van der Waals surface area contributed by atoms with Crippen molar-refractivity contribution in [2.75, 3.05) is 5.32 Å². The molecule has 0 fully saturated rings. The normalized spacial score (nSPS) is 10.6. The van der Waals surface area contributed by atoms with Gasteiger partial charge in [-0.1, -0.05) is 38.3 Å². The van der Waals surface area contributed by atoms with Crippen LogP contribution in [-0.4, -0.2) is 16.1 Å². The predicted molar refractivity (Wildman–Crippen MR) is 92.6 cm³/mol. The number of benzene rings is 2. The molecule has 4 nitrogen and oxygen atoms in total. The van der Waals surface area contributed by atoms with Crippen LogP contribution in [0.3, 0.4) is 0 Å². The van der Waals surface area contributed by atoms with E-state index in [-0.39, 0.29) is 11.7 Å². The third kappa shape index (κ3) is 4.72. The Bertz CT molecular complexity index is 716. The monoisotopic (exact) mass is 331 g/mol. The Morgan fingerprint density at radius 2 is 1.67 bits per heavy atom. The molecule has 0 saturated carbocycles. The SMILES string of the molecule is CCCCCCC(=O)Nc1cc(-c2ccc(O)c(F)c2)ccc1O. The minimum atomic E-state index is -0.720. The molecule has 3 N–H and O–H groups in total. The van der Waals surface area contributed by atoms with Crippen LogP contribution >= 0.6 is 0 Å².